The fraction of sp³-hybridized carbons (Fsp3) is 0.545. The molecule has 0 spiro atoms. The summed E-state index contributed by atoms with van der Waals surface area (Å²) >= 11 is 0. The molecular formula is C22H28N4O2. The maximum atomic E-state index is 13.2. The van der Waals surface area contributed by atoms with Gasteiger partial charge in [0.05, 0.1) is 5.92 Å². The predicted molar refractivity (Wildman–Crippen MR) is 107 cm³/mol. The van der Waals surface area contributed by atoms with Gasteiger partial charge in [-0.1, -0.05) is 44.3 Å². The van der Waals surface area contributed by atoms with Crippen molar-refractivity contribution in [2.75, 3.05) is 11.9 Å². The van der Waals surface area contributed by atoms with Gasteiger partial charge in [0.25, 0.3) is 0 Å². The van der Waals surface area contributed by atoms with E-state index in [-0.39, 0.29) is 23.7 Å². The number of Topliss-reactive ketones (excluding diaryl/α,β-unsaturated/α-hetero) is 1. The number of anilines is 1. The molecule has 4 rings (SSSR count). The Bertz CT molecular complexity index is 811. The maximum Gasteiger partial charge on any atom is 0.248 e. The van der Waals surface area contributed by atoms with Crippen LogP contribution in [0, 0.1) is 18.8 Å². The van der Waals surface area contributed by atoms with Crippen LogP contribution in [0.3, 0.4) is 0 Å². The van der Waals surface area contributed by atoms with E-state index in [2.05, 4.69) is 20.2 Å². The lowest BCUT2D eigenvalue weighted by atomic mass is 9.84. The molecule has 2 atom stereocenters. The molecule has 1 aromatic rings. The molecule has 1 saturated carbocycles. The van der Waals surface area contributed by atoms with E-state index in [1.807, 2.05) is 25.3 Å². The highest BCUT2D eigenvalue weighted by Gasteiger charge is 2.37. The third kappa shape index (κ3) is 4.16. The van der Waals surface area contributed by atoms with Crippen LogP contribution in [0.2, 0.25) is 0 Å². The van der Waals surface area contributed by atoms with Gasteiger partial charge in [-0.15, -0.1) is 0 Å². The topological polar surface area (TPSA) is 75.2 Å². The molecule has 0 aromatic carbocycles. The van der Waals surface area contributed by atoms with Gasteiger partial charge in [-0.2, -0.15) is 0 Å². The average Bonchev–Trinajstić information content (AvgIpc) is 3.12. The lowest BCUT2D eigenvalue weighted by Gasteiger charge is -2.32. The van der Waals surface area contributed by atoms with Crippen molar-refractivity contribution in [2.24, 2.45) is 11.8 Å². The SMILES string of the molecule is Cc1nccc(NC(=O)C(CC2CCCCC2)N2C=C3C=CCC(=O)C3C2)n1. The molecule has 1 fully saturated rings. The fourth-order valence-corrected chi connectivity index (χ4v) is 4.63. The monoisotopic (exact) mass is 380 g/mol. The lowest BCUT2D eigenvalue weighted by Crippen LogP contribution is -2.43. The van der Waals surface area contributed by atoms with Crippen LogP contribution in [0.1, 0.15) is 50.8 Å². The number of nitrogens with zero attached hydrogens (tertiary/aromatic N) is 3. The summed E-state index contributed by atoms with van der Waals surface area (Å²) in [7, 11) is 0. The highest BCUT2D eigenvalue weighted by Crippen LogP contribution is 2.34. The molecule has 148 valence electrons. The van der Waals surface area contributed by atoms with Gasteiger partial charge in [-0.05, 0) is 30.9 Å². The first kappa shape index (κ1) is 18.8. The summed E-state index contributed by atoms with van der Waals surface area (Å²) in [6.45, 7) is 2.41. The molecule has 3 aliphatic rings. The number of fused-ring (bicyclic) bond motifs is 1. The lowest BCUT2D eigenvalue weighted by molar-refractivity contribution is -0.123. The fourth-order valence-electron chi connectivity index (χ4n) is 4.63. The smallest absolute Gasteiger partial charge is 0.248 e. The van der Waals surface area contributed by atoms with Crippen molar-refractivity contribution >= 4 is 17.5 Å². The summed E-state index contributed by atoms with van der Waals surface area (Å²) in [4.78, 5) is 36.0. The number of amides is 1. The molecule has 6 heteroatoms. The van der Waals surface area contributed by atoms with Gasteiger partial charge in [-0.25, -0.2) is 9.97 Å². The summed E-state index contributed by atoms with van der Waals surface area (Å²) in [5, 5.41) is 2.98. The van der Waals surface area contributed by atoms with Gasteiger partial charge in [0, 0.05) is 25.4 Å². The zero-order chi connectivity index (χ0) is 19.5. The van der Waals surface area contributed by atoms with E-state index in [1.165, 1.54) is 32.1 Å². The van der Waals surface area contributed by atoms with Crippen LogP contribution in [-0.2, 0) is 9.59 Å². The van der Waals surface area contributed by atoms with Crippen molar-refractivity contribution in [3.63, 3.8) is 0 Å². The second-order valence-electron chi connectivity index (χ2n) is 8.19. The standard InChI is InChI=1S/C22H28N4O2/c1-15-23-11-10-21(24-15)25-22(28)19(12-16-6-3-2-4-7-16)26-13-17-8-5-9-20(27)18(17)14-26/h5,8,10-11,13,16,18-19H,2-4,6-7,9,12,14H2,1H3,(H,23,24,25,28). The third-order valence-corrected chi connectivity index (χ3v) is 6.14. The van der Waals surface area contributed by atoms with Crippen LogP contribution in [0.25, 0.3) is 0 Å². The van der Waals surface area contributed by atoms with E-state index in [0.717, 1.165) is 12.0 Å². The Balaban J connectivity index is 1.53. The third-order valence-electron chi connectivity index (χ3n) is 6.14. The number of hydrogen-bond donors (Lipinski definition) is 1. The number of aryl methyl sites for hydroxylation is 1. The first-order valence-electron chi connectivity index (χ1n) is 10.4. The minimum absolute atomic E-state index is 0.0457. The van der Waals surface area contributed by atoms with Crippen molar-refractivity contribution in [2.45, 2.75) is 57.9 Å². The Kier molecular flexibility index (Phi) is 5.55. The Labute approximate surface area is 166 Å². The van der Waals surface area contributed by atoms with Crippen LogP contribution in [0.15, 0.2) is 36.2 Å². The zero-order valence-electron chi connectivity index (χ0n) is 16.4. The molecule has 1 N–H and O–H groups in total. The van der Waals surface area contributed by atoms with Gasteiger partial charge in [-0.3, -0.25) is 9.59 Å². The number of allylic oxidation sites excluding steroid dienone is 2. The molecule has 2 heterocycles. The Hall–Kier alpha value is -2.50. The highest BCUT2D eigenvalue weighted by atomic mass is 16.2. The number of carbonyl (C=O) groups excluding carboxylic acids is 2. The van der Waals surface area contributed by atoms with Crippen LogP contribution in [-0.4, -0.2) is 39.1 Å². The molecule has 0 saturated heterocycles. The number of carbonyl (C=O) groups is 2. The number of hydrogen-bond acceptors (Lipinski definition) is 5. The van der Waals surface area contributed by atoms with E-state index in [9.17, 15) is 9.59 Å². The van der Waals surface area contributed by atoms with Crippen molar-refractivity contribution in [1.29, 1.82) is 0 Å². The quantitative estimate of drug-likeness (QED) is 0.847. The van der Waals surface area contributed by atoms with Crippen LogP contribution in [0.5, 0.6) is 0 Å². The minimum Gasteiger partial charge on any atom is -0.364 e. The zero-order valence-corrected chi connectivity index (χ0v) is 16.4. The van der Waals surface area contributed by atoms with Gasteiger partial charge in [0.15, 0.2) is 0 Å². The second kappa shape index (κ2) is 8.25. The predicted octanol–water partition coefficient (Wildman–Crippen LogP) is 3.41. The number of rotatable bonds is 5. The van der Waals surface area contributed by atoms with Gasteiger partial charge in [0.1, 0.15) is 23.5 Å². The van der Waals surface area contributed by atoms with Crippen molar-refractivity contribution in [3.05, 3.63) is 42.0 Å². The van der Waals surface area contributed by atoms with E-state index in [1.54, 1.807) is 12.3 Å². The van der Waals surface area contributed by atoms with E-state index in [0.29, 0.717) is 30.5 Å². The Morgan fingerprint density at radius 3 is 2.89 bits per heavy atom. The Morgan fingerprint density at radius 2 is 2.14 bits per heavy atom. The van der Waals surface area contributed by atoms with Gasteiger partial charge < -0.3 is 10.2 Å². The first-order valence-corrected chi connectivity index (χ1v) is 10.4. The molecule has 0 bridgehead atoms. The minimum atomic E-state index is -0.280. The first-order chi connectivity index (χ1) is 13.6. The maximum absolute atomic E-state index is 13.2. The highest BCUT2D eigenvalue weighted by molar-refractivity contribution is 5.94. The molecule has 1 aliphatic heterocycles. The summed E-state index contributed by atoms with van der Waals surface area (Å²) in [6, 6.07) is 1.44. The molecule has 0 radical (unpaired) electrons. The number of aromatic nitrogens is 2. The molecule has 1 aromatic heterocycles. The van der Waals surface area contributed by atoms with E-state index in [4.69, 9.17) is 0 Å². The number of ketones is 1. The summed E-state index contributed by atoms with van der Waals surface area (Å²) in [5.74, 6) is 1.84. The molecular weight excluding hydrogens is 352 g/mol. The molecule has 2 aliphatic carbocycles. The van der Waals surface area contributed by atoms with Crippen molar-refractivity contribution in [1.82, 2.24) is 14.9 Å². The van der Waals surface area contributed by atoms with E-state index < -0.39 is 0 Å². The second-order valence-corrected chi connectivity index (χ2v) is 8.19. The Morgan fingerprint density at radius 1 is 1.32 bits per heavy atom. The number of nitrogens with one attached hydrogen (secondary N) is 1. The van der Waals surface area contributed by atoms with Gasteiger partial charge >= 0.3 is 0 Å². The molecule has 1 amide bonds. The summed E-state index contributed by atoms with van der Waals surface area (Å²) in [6.07, 6.45) is 15.1. The molecule has 2 unspecified atom stereocenters. The van der Waals surface area contributed by atoms with Crippen LogP contribution >= 0.6 is 0 Å². The van der Waals surface area contributed by atoms with Crippen LogP contribution in [0.4, 0.5) is 5.82 Å². The van der Waals surface area contributed by atoms with Crippen LogP contribution < -0.4 is 5.32 Å². The van der Waals surface area contributed by atoms with E-state index >= 15 is 0 Å². The summed E-state index contributed by atoms with van der Waals surface area (Å²) in [5.41, 5.74) is 1.04. The molecule has 6 nitrogen and oxygen atoms in total. The normalized spacial score (nSPS) is 23.3. The summed E-state index contributed by atoms with van der Waals surface area (Å²) < 4.78 is 0. The largest absolute Gasteiger partial charge is 0.364 e. The van der Waals surface area contributed by atoms with Crippen molar-refractivity contribution in [3.8, 4) is 0 Å². The van der Waals surface area contributed by atoms with Gasteiger partial charge in [0.2, 0.25) is 5.91 Å². The average molecular weight is 380 g/mol. The molecule has 28 heavy (non-hydrogen) atoms. The van der Waals surface area contributed by atoms with Crippen molar-refractivity contribution < 1.29 is 9.59 Å².